The maximum absolute atomic E-state index is 12.6. The molecule has 0 bridgehead atoms. The third-order valence-electron chi connectivity index (χ3n) is 9.03. The molecule has 0 aliphatic carbocycles. The van der Waals surface area contributed by atoms with Crippen LogP contribution in [0.4, 0.5) is 0 Å². The van der Waals surface area contributed by atoms with Crippen molar-refractivity contribution in [3.05, 3.63) is 0 Å². The third kappa shape index (κ3) is 13.3. The molecule has 0 radical (unpaired) electrons. The van der Waals surface area contributed by atoms with E-state index >= 15 is 0 Å². The van der Waals surface area contributed by atoms with Gasteiger partial charge in [-0.05, 0) is 64.2 Å². The number of carboxylic acid groups (broad SMARTS) is 2. The number of likely N-dealkylation sites (tertiary alicyclic amines) is 2. The minimum absolute atomic E-state index is 0. The summed E-state index contributed by atoms with van der Waals surface area (Å²) < 4.78 is 25.1. The van der Waals surface area contributed by atoms with Gasteiger partial charge < -0.3 is 49.4 Å². The van der Waals surface area contributed by atoms with Gasteiger partial charge in [-0.25, -0.2) is 10.2 Å². The van der Waals surface area contributed by atoms with E-state index in [0.29, 0.717) is 62.9 Å². The fourth-order valence-corrected chi connectivity index (χ4v) is 11.0. The van der Waals surface area contributed by atoms with Crippen LogP contribution in [0.1, 0.15) is 80.1 Å². The Labute approximate surface area is 379 Å². The standard InChI is InChI=1S/2C15H26N3O5P.2K/c2*1-9(2)6-8-24(23)13(17-24)14(20)18-7-4-5-11(18)12(19)16-10(3)15(21)22;;/h2*9-11,13H,4-8H2,1-3H3,(H,16,19)(H,17,23)(H,21,22);;/q;;2*+1/p-2/t2*10-,11-,13?,24?;;/m00../s1. The van der Waals surface area contributed by atoms with Gasteiger partial charge in [0.2, 0.25) is 23.6 Å². The van der Waals surface area contributed by atoms with Crippen molar-refractivity contribution in [2.24, 2.45) is 11.8 Å². The molecule has 4 aliphatic heterocycles. The monoisotopic (exact) mass is 794 g/mol. The molecule has 0 saturated carbocycles. The van der Waals surface area contributed by atoms with Gasteiger partial charge in [-0.15, -0.1) is 0 Å². The first kappa shape index (κ1) is 48.5. The van der Waals surface area contributed by atoms with Crippen LogP contribution in [0.25, 0.3) is 0 Å². The van der Waals surface area contributed by atoms with Crippen molar-refractivity contribution in [1.82, 2.24) is 30.6 Å². The molecule has 4 saturated heterocycles. The number of carbonyl (C=O) groups excluding carboxylic acids is 6. The fourth-order valence-electron chi connectivity index (χ4n) is 5.76. The minimum atomic E-state index is -2.67. The molecule has 4 fully saturated rings. The van der Waals surface area contributed by atoms with E-state index in [2.05, 4.69) is 20.8 Å². The van der Waals surface area contributed by atoms with Crippen LogP contribution in [0.5, 0.6) is 0 Å². The van der Waals surface area contributed by atoms with Crippen LogP contribution in [0.3, 0.4) is 0 Å². The Hall–Kier alpha value is 0.473. The van der Waals surface area contributed by atoms with Crippen LogP contribution < -0.4 is 134 Å². The predicted octanol–water partition coefficient (Wildman–Crippen LogP) is -7.02. The summed E-state index contributed by atoms with van der Waals surface area (Å²) in [7, 11) is -5.33. The maximum atomic E-state index is 12.6. The zero-order valence-corrected chi connectivity index (χ0v) is 38.6. The Morgan fingerprint density at radius 3 is 1.26 bits per heavy atom. The van der Waals surface area contributed by atoms with Crippen LogP contribution in [-0.4, -0.2) is 107 Å². The zero-order chi connectivity index (χ0) is 36.1. The summed E-state index contributed by atoms with van der Waals surface area (Å²) >= 11 is 0. The molecule has 4 aliphatic rings. The van der Waals surface area contributed by atoms with E-state index in [1.165, 1.54) is 23.6 Å². The van der Waals surface area contributed by atoms with Crippen LogP contribution in [-0.2, 0) is 37.9 Å². The van der Waals surface area contributed by atoms with Gasteiger partial charge in [0.25, 0.3) is 0 Å². The molecular weight excluding hydrogens is 745 g/mol. The number of carboxylic acids is 2. The Balaban J connectivity index is 0.000000481. The van der Waals surface area contributed by atoms with E-state index in [0.717, 1.165) is 12.8 Å². The number of nitrogens with one attached hydrogen (secondary N) is 4. The van der Waals surface area contributed by atoms with E-state index in [9.17, 15) is 48.1 Å². The van der Waals surface area contributed by atoms with Crippen molar-refractivity contribution in [1.29, 1.82) is 0 Å². The number of nitrogens with zero attached hydrogens (tertiary/aromatic N) is 2. The Morgan fingerprint density at radius 1 is 0.660 bits per heavy atom. The molecule has 8 atom stereocenters. The van der Waals surface area contributed by atoms with Gasteiger partial charge >= 0.3 is 103 Å². The summed E-state index contributed by atoms with van der Waals surface area (Å²) in [6.45, 7) is 11.6. The molecule has 4 heterocycles. The van der Waals surface area contributed by atoms with Crippen molar-refractivity contribution in [3.63, 3.8) is 0 Å². The van der Waals surface area contributed by atoms with Gasteiger partial charge in [-0.2, -0.15) is 0 Å². The topological polar surface area (TPSA) is 257 Å². The number of carbonyl (C=O) groups is 6. The van der Waals surface area contributed by atoms with Crippen LogP contribution in [0.15, 0.2) is 0 Å². The van der Waals surface area contributed by atoms with Crippen molar-refractivity contribution >= 4 is 50.2 Å². The molecule has 4 amide bonds. The molecule has 0 aromatic carbocycles. The second-order valence-electron chi connectivity index (χ2n) is 13.9. The van der Waals surface area contributed by atoms with Crippen molar-refractivity contribution in [2.75, 3.05) is 25.4 Å². The second kappa shape index (κ2) is 21.0. The zero-order valence-electron chi connectivity index (χ0n) is 30.6. The third-order valence-corrected chi connectivity index (χ3v) is 14.1. The van der Waals surface area contributed by atoms with Crippen molar-refractivity contribution in [3.8, 4) is 0 Å². The molecule has 272 valence electrons. The van der Waals surface area contributed by atoms with Gasteiger partial charge in [-0.3, -0.25) is 19.2 Å². The molecule has 50 heavy (non-hydrogen) atoms. The van der Waals surface area contributed by atoms with Gasteiger partial charge in [0.1, 0.15) is 12.1 Å². The summed E-state index contributed by atoms with van der Waals surface area (Å²) in [5, 5.41) is 31.8. The van der Waals surface area contributed by atoms with Crippen LogP contribution in [0.2, 0.25) is 0 Å². The van der Waals surface area contributed by atoms with Crippen molar-refractivity contribution in [2.45, 2.75) is 116 Å². The summed E-state index contributed by atoms with van der Waals surface area (Å²) in [6, 6.07) is -3.65. The molecular formula is C30H50K2N6O10P2. The molecule has 0 aromatic rings. The van der Waals surface area contributed by atoms with Crippen molar-refractivity contribution < 1.29 is 151 Å². The normalized spacial score (nSPS) is 29.0. The van der Waals surface area contributed by atoms with Crippen LogP contribution >= 0.6 is 14.6 Å². The molecule has 4 unspecified atom stereocenters. The van der Waals surface area contributed by atoms with E-state index in [1.807, 2.05) is 27.7 Å². The van der Waals surface area contributed by atoms with E-state index in [1.54, 1.807) is 0 Å². The SMILES string of the molecule is CC(C)CCP1(=O)NC1C(=O)N1CCC[C@H]1C(=O)N[C@@H](C)C(=O)[O-].CC(C)CCP1(=O)NC1C(=O)N1CCC[C@H]1C(=O)N[C@@H](C)C(=O)[O-].[K+].[K+]. The van der Waals surface area contributed by atoms with Gasteiger partial charge in [0.15, 0.2) is 26.2 Å². The quantitative estimate of drug-likeness (QED) is 0.0727. The summed E-state index contributed by atoms with van der Waals surface area (Å²) in [4.78, 5) is 73.9. The number of rotatable bonds is 14. The van der Waals surface area contributed by atoms with Gasteiger partial charge in [-0.1, -0.05) is 27.7 Å². The Morgan fingerprint density at radius 2 is 0.980 bits per heavy atom. The Bertz CT molecular complexity index is 1270. The van der Waals surface area contributed by atoms with Gasteiger partial charge in [0, 0.05) is 25.4 Å². The number of aliphatic carboxylic acids is 2. The summed E-state index contributed by atoms with van der Waals surface area (Å²) in [6.07, 6.45) is 4.78. The van der Waals surface area contributed by atoms with E-state index < -0.39 is 74.1 Å². The largest absolute Gasteiger partial charge is 1.00 e. The molecule has 4 rings (SSSR count). The van der Waals surface area contributed by atoms with Gasteiger partial charge in [0.05, 0.1) is 24.0 Å². The van der Waals surface area contributed by atoms with Crippen LogP contribution in [0, 0.1) is 11.8 Å². The number of hydrogen-bond acceptors (Lipinski definition) is 10. The Kier molecular flexibility index (Phi) is 20.3. The molecule has 0 aromatic heterocycles. The first-order valence-electron chi connectivity index (χ1n) is 16.7. The fraction of sp³-hybridized carbons (Fsp3) is 0.800. The smallest absolute Gasteiger partial charge is 0.548 e. The number of hydrogen-bond donors (Lipinski definition) is 4. The molecule has 0 spiro atoms. The average molecular weight is 795 g/mol. The second-order valence-corrected chi connectivity index (χ2v) is 19.6. The first-order valence-corrected chi connectivity index (χ1v) is 20.6. The minimum Gasteiger partial charge on any atom is -0.548 e. The summed E-state index contributed by atoms with van der Waals surface area (Å²) in [5.74, 6) is -4.96. The average Bonchev–Trinajstić information content (AvgIpc) is 3.64. The molecule has 16 nitrogen and oxygen atoms in total. The molecule has 20 heteroatoms. The summed E-state index contributed by atoms with van der Waals surface area (Å²) in [5.41, 5.74) is 0. The van der Waals surface area contributed by atoms with E-state index in [-0.39, 0.29) is 115 Å². The number of amides is 4. The first-order chi connectivity index (χ1) is 22.3. The maximum Gasteiger partial charge on any atom is 1.00 e. The predicted molar refractivity (Wildman–Crippen MR) is 172 cm³/mol. The van der Waals surface area contributed by atoms with E-state index in [4.69, 9.17) is 0 Å². The molecule has 4 N–H and O–H groups in total.